The molecular formula is C19H15Cl2N3O2. The Morgan fingerprint density at radius 1 is 1.04 bits per heavy atom. The molecule has 0 saturated carbocycles. The maximum atomic E-state index is 12.5. The third-order valence-electron chi connectivity index (χ3n) is 3.82. The lowest BCUT2D eigenvalue weighted by Gasteiger charge is -2.12. The van der Waals surface area contributed by atoms with Gasteiger partial charge in [0.2, 0.25) is 5.43 Å². The number of hydrogen-bond acceptors (Lipinski definition) is 3. The SMILES string of the molecule is Cc1ccc(NC(=O)c2nn(-c3ccc(Cl)cc3)c(C)cc2=O)cc1Cl. The summed E-state index contributed by atoms with van der Waals surface area (Å²) in [6, 6.07) is 13.4. The molecule has 0 atom stereocenters. The number of amides is 1. The number of carbonyl (C=O) groups is 1. The molecule has 0 radical (unpaired) electrons. The van der Waals surface area contributed by atoms with E-state index < -0.39 is 11.3 Å². The second-order valence-corrected chi connectivity index (χ2v) is 6.65. The molecule has 7 heteroatoms. The molecular weight excluding hydrogens is 373 g/mol. The van der Waals surface area contributed by atoms with Gasteiger partial charge in [-0.25, -0.2) is 4.68 Å². The highest BCUT2D eigenvalue weighted by molar-refractivity contribution is 6.31. The molecule has 1 N–H and O–H groups in total. The zero-order valence-electron chi connectivity index (χ0n) is 14.1. The summed E-state index contributed by atoms with van der Waals surface area (Å²) < 4.78 is 1.52. The molecule has 0 spiro atoms. The van der Waals surface area contributed by atoms with Crippen LogP contribution >= 0.6 is 23.2 Å². The molecule has 1 heterocycles. The monoisotopic (exact) mass is 387 g/mol. The number of nitrogens with one attached hydrogen (secondary N) is 1. The fraction of sp³-hybridized carbons (Fsp3) is 0.105. The molecule has 26 heavy (non-hydrogen) atoms. The minimum absolute atomic E-state index is 0.206. The van der Waals surface area contributed by atoms with Crippen LogP contribution in [-0.2, 0) is 0 Å². The zero-order valence-corrected chi connectivity index (χ0v) is 15.6. The smallest absolute Gasteiger partial charge is 0.280 e. The van der Waals surface area contributed by atoms with Gasteiger partial charge in [0.05, 0.1) is 5.69 Å². The van der Waals surface area contributed by atoms with Crippen molar-refractivity contribution in [2.24, 2.45) is 0 Å². The number of halogens is 2. The topological polar surface area (TPSA) is 64.0 Å². The van der Waals surface area contributed by atoms with Gasteiger partial charge in [-0.3, -0.25) is 9.59 Å². The Balaban J connectivity index is 1.97. The maximum absolute atomic E-state index is 12.5. The molecule has 0 bridgehead atoms. The van der Waals surface area contributed by atoms with Crippen LogP contribution in [0.4, 0.5) is 5.69 Å². The summed E-state index contributed by atoms with van der Waals surface area (Å²) in [5.41, 5.74) is 2.02. The number of aromatic nitrogens is 2. The molecule has 0 fully saturated rings. The van der Waals surface area contributed by atoms with Gasteiger partial charge in [-0.2, -0.15) is 5.10 Å². The normalized spacial score (nSPS) is 10.6. The van der Waals surface area contributed by atoms with Crippen LogP contribution in [0.5, 0.6) is 0 Å². The second kappa shape index (κ2) is 7.32. The summed E-state index contributed by atoms with van der Waals surface area (Å²) in [6.07, 6.45) is 0. The number of rotatable bonds is 3. The van der Waals surface area contributed by atoms with E-state index in [9.17, 15) is 9.59 Å². The Labute approximate surface area is 160 Å². The predicted molar refractivity (Wildman–Crippen MR) is 104 cm³/mol. The van der Waals surface area contributed by atoms with Crippen LogP contribution in [0, 0.1) is 13.8 Å². The Morgan fingerprint density at radius 3 is 2.38 bits per heavy atom. The molecule has 3 aromatic rings. The van der Waals surface area contributed by atoms with Crippen LogP contribution in [0.25, 0.3) is 5.69 Å². The molecule has 0 aliphatic heterocycles. The fourth-order valence-corrected chi connectivity index (χ4v) is 2.72. The van der Waals surface area contributed by atoms with E-state index in [-0.39, 0.29) is 5.69 Å². The average Bonchev–Trinajstić information content (AvgIpc) is 2.59. The largest absolute Gasteiger partial charge is 0.320 e. The van der Waals surface area contributed by atoms with Crippen molar-refractivity contribution in [3.8, 4) is 5.69 Å². The van der Waals surface area contributed by atoms with Gasteiger partial charge in [0.15, 0.2) is 5.69 Å². The third kappa shape index (κ3) is 3.79. The fourth-order valence-electron chi connectivity index (χ4n) is 2.41. The van der Waals surface area contributed by atoms with Gasteiger partial charge >= 0.3 is 0 Å². The number of anilines is 1. The molecule has 132 valence electrons. The minimum atomic E-state index is -0.599. The van der Waals surface area contributed by atoms with Gasteiger partial charge < -0.3 is 5.32 Å². The highest BCUT2D eigenvalue weighted by atomic mass is 35.5. The van der Waals surface area contributed by atoms with Gasteiger partial charge in [0.25, 0.3) is 5.91 Å². The Kier molecular flexibility index (Phi) is 5.11. The van der Waals surface area contributed by atoms with Gasteiger partial charge in [-0.05, 0) is 55.8 Å². The van der Waals surface area contributed by atoms with Crippen LogP contribution in [0.1, 0.15) is 21.7 Å². The second-order valence-electron chi connectivity index (χ2n) is 5.80. The van der Waals surface area contributed by atoms with E-state index in [4.69, 9.17) is 23.2 Å². The third-order valence-corrected chi connectivity index (χ3v) is 4.48. The molecule has 1 aromatic heterocycles. The van der Waals surface area contributed by atoms with E-state index in [0.717, 1.165) is 5.56 Å². The predicted octanol–water partition coefficient (Wildman–Crippen LogP) is 4.41. The Hall–Kier alpha value is -2.63. The molecule has 0 aliphatic rings. The summed E-state index contributed by atoms with van der Waals surface area (Å²) in [5.74, 6) is -0.599. The standard InChI is InChI=1S/C19H15Cl2N3O2/c1-11-3-6-14(10-16(11)21)22-19(26)18-17(25)9-12(2)24(23-18)15-7-4-13(20)5-8-15/h3-10H,1-2H3,(H,22,26). The van der Waals surface area contributed by atoms with Gasteiger partial charge in [0, 0.05) is 27.5 Å². The van der Waals surface area contributed by atoms with Crippen LogP contribution in [0.3, 0.4) is 0 Å². The number of aryl methyl sites for hydroxylation is 2. The minimum Gasteiger partial charge on any atom is -0.320 e. The van der Waals surface area contributed by atoms with Crippen molar-refractivity contribution in [1.29, 1.82) is 0 Å². The first-order valence-corrected chi connectivity index (χ1v) is 8.55. The molecule has 3 rings (SSSR count). The van der Waals surface area contributed by atoms with E-state index in [0.29, 0.717) is 27.1 Å². The number of hydrogen-bond donors (Lipinski definition) is 1. The number of nitrogens with zero attached hydrogens (tertiary/aromatic N) is 2. The highest BCUT2D eigenvalue weighted by Gasteiger charge is 2.16. The highest BCUT2D eigenvalue weighted by Crippen LogP contribution is 2.20. The van der Waals surface area contributed by atoms with E-state index in [1.54, 1.807) is 49.4 Å². The van der Waals surface area contributed by atoms with Gasteiger partial charge in [-0.1, -0.05) is 29.3 Å². The first kappa shape index (κ1) is 18.2. The van der Waals surface area contributed by atoms with Crippen LogP contribution in [-0.4, -0.2) is 15.7 Å². The van der Waals surface area contributed by atoms with E-state index in [1.807, 2.05) is 6.92 Å². The van der Waals surface area contributed by atoms with E-state index >= 15 is 0 Å². The molecule has 0 unspecified atom stereocenters. The van der Waals surface area contributed by atoms with Crippen LogP contribution in [0.15, 0.2) is 53.3 Å². The van der Waals surface area contributed by atoms with Gasteiger partial charge in [0.1, 0.15) is 0 Å². The summed E-state index contributed by atoms with van der Waals surface area (Å²) in [5, 5.41) is 7.99. The summed E-state index contributed by atoms with van der Waals surface area (Å²) in [4.78, 5) is 24.8. The maximum Gasteiger partial charge on any atom is 0.280 e. The molecule has 0 aliphatic carbocycles. The molecule has 5 nitrogen and oxygen atoms in total. The molecule has 2 aromatic carbocycles. The average molecular weight is 388 g/mol. The summed E-state index contributed by atoms with van der Waals surface area (Å²) >= 11 is 12.0. The summed E-state index contributed by atoms with van der Waals surface area (Å²) in [7, 11) is 0. The van der Waals surface area contributed by atoms with Crippen molar-refractivity contribution < 1.29 is 4.79 Å². The van der Waals surface area contributed by atoms with Gasteiger partial charge in [-0.15, -0.1) is 0 Å². The Bertz CT molecular complexity index is 1040. The lowest BCUT2D eigenvalue weighted by molar-refractivity contribution is 0.101. The Morgan fingerprint density at radius 2 is 1.73 bits per heavy atom. The van der Waals surface area contributed by atoms with Crippen molar-refractivity contribution in [3.05, 3.63) is 85.8 Å². The van der Waals surface area contributed by atoms with Crippen molar-refractivity contribution in [2.75, 3.05) is 5.32 Å². The first-order chi connectivity index (χ1) is 12.3. The number of benzene rings is 2. The van der Waals surface area contributed by atoms with Crippen LogP contribution in [0.2, 0.25) is 10.0 Å². The van der Waals surface area contributed by atoms with Crippen LogP contribution < -0.4 is 10.7 Å². The van der Waals surface area contributed by atoms with Crippen molar-refractivity contribution in [1.82, 2.24) is 9.78 Å². The van der Waals surface area contributed by atoms with Crippen molar-refractivity contribution in [3.63, 3.8) is 0 Å². The zero-order chi connectivity index (χ0) is 18.8. The van der Waals surface area contributed by atoms with Crippen molar-refractivity contribution in [2.45, 2.75) is 13.8 Å². The quantitative estimate of drug-likeness (QED) is 0.723. The van der Waals surface area contributed by atoms with Crippen molar-refractivity contribution >= 4 is 34.8 Å². The lowest BCUT2D eigenvalue weighted by Crippen LogP contribution is -2.26. The van der Waals surface area contributed by atoms with E-state index in [1.165, 1.54) is 10.7 Å². The first-order valence-electron chi connectivity index (χ1n) is 7.79. The number of carbonyl (C=O) groups excluding carboxylic acids is 1. The lowest BCUT2D eigenvalue weighted by atomic mass is 10.2. The van der Waals surface area contributed by atoms with E-state index in [2.05, 4.69) is 10.4 Å². The molecule has 1 amide bonds. The summed E-state index contributed by atoms with van der Waals surface area (Å²) in [6.45, 7) is 3.60. The molecule has 0 saturated heterocycles.